The van der Waals surface area contributed by atoms with E-state index in [9.17, 15) is 9.59 Å². The summed E-state index contributed by atoms with van der Waals surface area (Å²) in [5, 5.41) is 6.77. The molecule has 1 atom stereocenters. The summed E-state index contributed by atoms with van der Waals surface area (Å²) in [6.45, 7) is 1.86. The number of anilines is 1. The van der Waals surface area contributed by atoms with Crippen LogP contribution in [0.4, 0.5) is 5.69 Å². The molecule has 1 aliphatic carbocycles. The third kappa shape index (κ3) is 3.91. The van der Waals surface area contributed by atoms with E-state index >= 15 is 0 Å². The first kappa shape index (κ1) is 22.8. The zero-order chi connectivity index (χ0) is 25.6. The monoisotopic (exact) mass is 490 g/mol. The van der Waals surface area contributed by atoms with Gasteiger partial charge < -0.3 is 10.6 Å². The number of carbonyl (C=O) groups is 2. The van der Waals surface area contributed by atoms with Crippen molar-refractivity contribution in [3.63, 3.8) is 0 Å². The van der Waals surface area contributed by atoms with Gasteiger partial charge >= 0.3 is 0 Å². The van der Waals surface area contributed by atoms with Crippen LogP contribution in [0.5, 0.6) is 0 Å². The topological polar surface area (TPSA) is 101 Å². The van der Waals surface area contributed by atoms with Gasteiger partial charge in [0.25, 0.3) is 5.91 Å². The Bertz CT molecular complexity index is 1660. The molecule has 2 N–H and O–H groups in total. The van der Waals surface area contributed by atoms with Gasteiger partial charge in [-0.2, -0.15) is 0 Å². The lowest BCUT2D eigenvalue weighted by molar-refractivity contribution is -0.121. The normalized spacial score (nSPS) is 14.9. The molecule has 0 saturated heterocycles. The number of nitrogens with zero attached hydrogens (tertiary/aromatic N) is 4. The molecule has 0 aliphatic heterocycles. The van der Waals surface area contributed by atoms with Gasteiger partial charge in [-0.1, -0.05) is 30.3 Å². The van der Waals surface area contributed by atoms with E-state index < -0.39 is 5.92 Å². The zero-order valence-corrected chi connectivity index (χ0v) is 20.6. The maximum Gasteiger partial charge on any atom is 0.255 e. The number of imidazole rings is 1. The molecule has 3 aromatic heterocycles. The lowest BCUT2D eigenvalue weighted by Gasteiger charge is -2.20. The minimum Gasteiger partial charge on any atom is -0.359 e. The summed E-state index contributed by atoms with van der Waals surface area (Å²) in [6.07, 6.45) is 7.08. The molecule has 3 heterocycles. The highest BCUT2D eigenvalue weighted by atomic mass is 16.2. The Kier molecular flexibility index (Phi) is 5.44. The molecule has 8 nitrogen and oxygen atoms in total. The number of nitrogens with one attached hydrogen (secondary N) is 2. The Hall–Kier alpha value is -4.59. The van der Waals surface area contributed by atoms with Crippen LogP contribution in [0.15, 0.2) is 79.3 Å². The molecular formula is C29H26N6O2. The Labute approximate surface area is 213 Å². The van der Waals surface area contributed by atoms with Gasteiger partial charge in [-0.25, -0.2) is 9.97 Å². The summed E-state index contributed by atoms with van der Waals surface area (Å²) in [6, 6.07) is 19.4. The van der Waals surface area contributed by atoms with E-state index in [0.29, 0.717) is 22.7 Å². The molecule has 0 spiro atoms. The van der Waals surface area contributed by atoms with E-state index in [2.05, 4.69) is 38.8 Å². The van der Waals surface area contributed by atoms with Crippen LogP contribution in [0, 0.1) is 0 Å². The molecule has 37 heavy (non-hydrogen) atoms. The smallest absolute Gasteiger partial charge is 0.255 e. The highest BCUT2D eigenvalue weighted by molar-refractivity contribution is 6.04. The average Bonchev–Trinajstić information content (AvgIpc) is 3.66. The van der Waals surface area contributed by atoms with Crippen molar-refractivity contribution in [3.05, 3.63) is 102 Å². The van der Waals surface area contributed by atoms with Gasteiger partial charge in [-0.3, -0.25) is 19.0 Å². The Morgan fingerprint density at radius 1 is 1.03 bits per heavy atom. The van der Waals surface area contributed by atoms with E-state index in [4.69, 9.17) is 4.98 Å². The van der Waals surface area contributed by atoms with Crippen LogP contribution < -0.4 is 10.6 Å². The van der Waals surface area contributed by atoms with Crippen LogP contribution in [0.25, 0.3) is 16.7 Å². The summed E-state index contributed by atoms with van der Waals surface area (Å²) in [7, 11) is 1.63. The number of pyridine rings is 1. The fraction of sp³-hybridized carbons (Fsp3) is 0.207. The number of aromatic nitrogens is 4. The Morgan fingerprint density at radius 2 is 1.84 bits per heavy atom. The second-order valence-corrected chi connectivity index (χ2v) is 9.51. The number of benzene rings is 2. The van der Waals surface area contributed by atoms with E-state index in [1.54, 1.807) is 31.6 Å². The first-order chi connectivity index (χ1) is 18.0. The van der Waals surface area contributed by atoms with Crippen molar-refractivity contribution in [2.75, 3.05) is 12.4 Å². The molecule has 184 valence electrons. The molecule has 1 saturated carbocycles. The molecule has 1 fully saturated rings. The molecule has 1 aliphatic rings. The third-order valence-electron chi connectivity index (χ3n) is 7.21. The van der Waals surface area contributed by atoms with E-state index in [1.165, 1.54) is 0 Å². The fourth-order valence-electron chi connectivity index (χ4n) is 5.09. The lowest BCUT2D eigenvalue weighted by Crippen LogP contribution is -2.26. The van der Waals surface area contributed by atoms with Crippen molar-refractivity contribution in [1.29, 1.82) is 0 Å². The number of carbonyl (C=O) groups excluding carboxylic acids is 2. The second kappa shape index (κ2) is 8.81. The van der Waals surface area contributed by atoms with Gasteiger partial charge in [0, 0.05) is 35.8 Å². The Balaban J connectivity index is 1.49. The largest absolute Gasteiger partial charge is 0.359 e. The molecular weight excluding hydrogens is 464 g/mol. The quantitative estimate of drug-likeness (QED) is 0.366. The van der Waals surface area contributed by atoms with Gasteiger partial charge in [0.2, 0.25) is 11.7 Å². The van der Waals surface area contributed by atoms with Crippen LogP contribution in [0.2, 0.25) is 0 Å². The van der Waals surface area contributed by atoms with Crippen molar-refractivity contribution < 1.29 is 9.59 Å². The number of fused-ring (bicyclic) bond motifs is 2. The zero-order valence-electron chi connectivity index (χ0n) is 20.6. The minimum absolute atomic E-state index is 0.110. The van der Waals surface area contributed by atoms with Crippen LogP contribution in [-0.4, -0.2) is 38.2 Å². The van der Waals surface area contributed by atoms with Crippen LogP contribution in [0.3, 0.4) is 0 Å². The lowest BCUT2D eigenvalue weighted by atomic mass is 9.87. The predicted molar refractivity (Wildman–Crippen MR) is 142 cm³/mol. The van der Waals surface area contributed by atoms with E-state index in [1.807, 2.05) is 47.9 Å². The van der Waals surface area contributed by atoms with Gasteiger partial charge in [-0.15, -0.1) is 0 Å². The molecule has 0 unspecified atom stereocenters. The number of hydrogen-bond acceptors (Lipinski definition) is 5. The minimum atomic E-state index is -0.469. The molecule has 2 amide bonds. The number of likely N-dealkylation sites (N-methyl/N-ethyl adjacent to an activating group) is 1. The van der Waals surface area contributed by atoms with Gasteiger partial charge in [0.15, 0.2) is 0 Å². The van der Waals surface area contributed by atoms with Gasteiger partial charge in [-0.05, 0) is 55.7 Å². The first-order valence-electron chi connectivity index (χ1n) is 12.3. The molecule has 2 aromatic carbocycles. The van der Waals surface area contributed by atoms with E-state index in [-0.39, 0.29) is 17.2 Å². The number of hydrogen-bond donors (Lipinski definition) is 2. The standard InChI is InChI=1S/C29H26N6O2/c1-18(26(36)30-2)24-25(29(12-13-29)21-10-11-23-20(15-21)9-6-14-31-23)35-17-22(16-32-28(35)34-24)33-27(37)19-7-4-3-5-8-19/h3-11,14-18H,12-13H2,1-2H3,(H,30,36)(H,33,37)/t18-/m0/s1. The van der Waals surface area contributed by atoms with E-state index in [0.717, 1.165) is 35.0 Å². The summed E-state index contributed by atoms with van der Waals surface area (Å²) in [4.78, 5) is 39.4. The maximum atomic E-state index is 12.8. The summed E-state index contributed by atoms with van der Waals surface area (Å²) < 4.78 is 1.94. The maximum absolute atomic E-state index is 12.8. The highest BCUT2D eigenvalue weighted by Gasteiger charge is 2.50. The fourth-order valence-corrected chi connectivity index (χ4v) is 5.09. The van der Waals surface area contributed by atoms with Crippen LogP contribution >= 0.6 is 0 Å². The van der Waals surface area contributed by atoms with Crippen molar-refractivity contribution in [2.45, 2.75) is 31.1 Å². The first-order valence-corrected chi connectivity index (χ1v) is 12.3. The third-order valence-corrected chi connectivity index (χ3v) is 7.21. The van der Waals surface area contributed by atoms with Crippen molar-refractivity contribution in [3.8, 4) is 0 Å². The van der Waals surface area contributed by atoms with Gasteiger partial charge in [0.05, 0.1) is 34.7 Å². The van der Waals surface area contributed by atoms with Gasteiger partial charge in [0.1, 0.15) is 0 Å². The molecule has 0 radical (unpaired) electrons. The van der Waals surface area contributed by atoms with Crippen LogP contribution in [-0.2, 0) is 10.2 Å². The predicted octanol–water partition coefficient (Wildman–Crippen LogP) is 4.46. The van der Waals surface area contributed by atoms with Crippen molar-refractivity contribution in [2.24, 2.45) is 0 Å². The number of rotatable bonds is 6. The SMILES string of the molecule is CNC(=O)[C@@H](C)c1nc2ncc(NC(=O)c3ccccc3)cn2c1C1(c2ccc3ncccc3c2)CC1. The molecule has 6 rings (SSSR count). The Morgan fingerprint density at radius 3 is 2.59 bits per heavy atom. The molecule has 0 bridgehead atoms. The number of amides is 2. The van der Waals surface area contributed by atoms with Crippen molar-refractivity contribution in [1.82, 2.24) is 24.7 Å². The average molecular weight is 491 g/mol. The highest BCUT2D eigenvalue weighted by Crippen LogP contribution is 2.55. The summed E-state index contributed by atoms with van der Waals surface area (Å²) in [5.41, 5.74) is 4.52. The molecule has 8 heteroatoms. The summed E-state index contributed by atoms with van der Waals surface area (Å²) >= 11 is 0. The molecule has 5 aromatic rings. The van der Waals surface area contributed by atoms with Crippen LogP contribution in [0.1, 0.15) is 53.0 Å². The second-order valence-electron chi connectivity index (χ2n) is 9.51. The van der Waals surface area contributed by atoms with Crippen molar-refractivity contribution >= 4 is 34.2 Å². The summed E-state index contributed by atoms with van der Waals surface area (Å²) in [5.74, 6) is -0.304.